The van der Waals surface area contributed by atoms with E-state index in [2.05, 4.69) is 48.0 Å². The van der Waals surface area contributed by atoms with E-state index in [4.69, 9.17) is 14.5 Å². The van der Waals surface area contributed by atoms with Gasteiger partial charge in [-0.05, 0) is 25.5 Å². The second-order valence-corrected chi connectivity index (χ2v) is 8.63. The second-order valence-electron chi connectivity index (χ2n) is 8.63. The second kappa shape index (κ2) is 7.82. The van der Waals surface area contributed by atoms with E-state index in [9.17, 15) is 0 Å². The van der Waals surface area contributed by atoms with Crippen molar-refractivity contribution in [2.75, 3.05) is 51.3 Å². The number of para-hydroxylation sites is 2. The van der Waals surface area contributed by atoms with Crippen molar-refractivity contribution in [2.24, 2.45) is 16.3 Å². The Labute approximate surface area is 168 Å². The van der Waals surface area contributed by atoms with Crippen LogP contribution in [0.15, 0.2) is 29.3 Å². The Morgan fingerprint density at radius 2 is 2.00 bits per heavy atom. The Balaban J connectivity index is 1.41. The lowest BCUT2D eigenvalue weighted by Crippen LogP contribution is -2.68. The van der Waals surface area contributed by atoms with Crippen LogP contribution in [0.5, 0.6) is 5.75 Å². The van der Waals surface area contributed by atoms with Crippen molar-refractivity contribution in [1.29, 1.82) is 0 Å². The summed E-state index contributed by atoms with van der Waals surface area (Å²) in [6.45, 7) is 12.3. The van der Waals surface area contributed by atoms with Crippen molar-refractivity contribution in [3.05, 3.63) is 24.3 Å². The molecule has 0 amide bonds. The highest BCUT2D eigenvalue weighted by Crippen LogP contribution is 2.52. The minimum atomic E-state index is 0.162. The highest BCUT2D eigenvalue weighted by atomic mass is 16.5. The van der Waals surface area contributed by atoms with E-state index < -0.39 is 0 Å². The molecule has 3 aliphatic rings. The summed E-state index contributed by atoms with van der Waals surface area (Å²) in [5.74, 6) is 2.62. The maximum Gasteiger partial charge on any atom is 0.194 e. The molecule has 0 radical (unpaired) electrons. The van der Waals surface area contributed by atoms with Gasteiger partial charge < -0.3 is 24.6 Å². The van der Waals surface area contributed by atoms with Gasteiger partial charge in [0.15, 0.2) is 5.96 Å². The van der Waals surface area contributed by atoms with Gasteiger partial charge in [-0.3, -0.25) is 4.99 Å². The average Bonchev–Trinajstić information content (AvgIpc) is 3.18. The van der Waals surface area contributed by atoms with Crippen LogP contribution in [0.25, 0.3) is 0 Å². The van der Waals surface area contributed by atoms with Crippen molar-refractivity contribution in [1.82, 2.24) is 10.2 Å². The lowest BCUT2D eigenvalue weighted by atomic mass is 9.57. The van der Waals surface area contributed by atoms with E-state index in [0.717, 1.165) is 57.5 Å². The molecule has 154 valence electrons. The summed E-state index contributed by atoms with van der Waals surface area (Å²) in [6.07, 6.45) is 1.56. The molecule has 6 nitrogen and oxygen atoms in total. The predicted octanol–water partition coefficient (Wildman–Crippen LogP) is 2.60. The Morgan fingerprint density at radius 1 is 1.25 bits per heavy atom. The summed E-state index contributed by atoms with van der Waals surface area (Å²) in [6, 6.07) is 8.72. The molecular weight excluding hydrogens is 352 g/mol. The first-order chi connectivity index (χ1) is 13.6. The monoisotopic (exact) mass is 386 g/mol. The van der Waals surface area contributed by atoms with Crippen LogP contribution < -0.4 is 15.0 Å². The topological polar surface area (TPSA) is 49.3 Å². The Kier molecular flexibility index (Phi) is 5.41. The molecule has 1 aromatic rings. The molecule has 28 heavy (non-hydrogen) atoms. The van der Waals surface area contributed by atoms with Gasteiger partial charge in [-0.25, -0.2) is 0 Å². The van der Waals surface area contributed by atoms with Crippen LogP contribution in [-0.4, -0.2) is 69.4 Å². The van der Waals surface area contributed by atoms with E-state index in [0.29, 0.717) is 18.1 Å². The van der Waals surface area contributed by atoms with Crippen LogP contribution in [0, 0.1) is 11.3 Å². The van der Waals surface area contributed by atoms with Gasteiger partial charge >= 0.3 is 0 Å². The number of fused-ring (bicyclic) bond motifs is 1. The van der Waals surface area contributed by atoms with Crippen LogP contribution in [0.4, 0.5) is 5.69 Å². The van der Waals surface area contributed by atoms with Gasteiger partial charge in [0.2, 0.25) is 0 Å². The van der Waals surface area contributed by atoms with Crippen molar-refractivity contribution in [2.45, 2.75) is 39.3 Å². The zero-order chi connectivity index (χ0) is 19.7. The third-order valence-corrected chi connectivity index (χ3v) is 6.70. The molecule has 3 unspecified atom stereocenters. The molecule has 3 fully saturated rings. The van der Waals surface area contributed by atoms with Gasteiger partial charge in [-0.15, -0.1) is 0 Å². The van der Waals surface area contributed by atoms with Gasteiger partial charge in [0.05, 0.1) is 18.9 Å². The number of hydrogen-bond donors (Lipinski definition) is 1. The van der Waals surface area contributed by atoms with Gasteiger partial charge in [-0.2, -0.15) is 0 Å². The van der Waals surface area contributed by atoms with E-state index in [1.807, 2.05) is 12.1 Å². The number of rotatable bonds is 4. The van der Waals surface area contributed by atoms with Crippen LogP contribution in [0.1, 0.15) is 27.2 Å². The number of hydrogen-bond acceptors (Lipinski definition) is 4. The van der Waals surface area contributed by atoms with Crippen molar-refractivity contribution in [3.8, 4) is 5.75 Å². The number of methoxy groups -OCH3 is 1. The lowest BCUT2D eigenvalue weighted by Gasteiger charge is -2.55. The van der Waals surface area contributed by atoms with E-state index in [-0.39, 0.29) is 5.41 Å². The first-order valence-electron chi connectivity index (χ1n) is 10.6. The molecule has 2 heterocycles. The zero-order valence-electron chi connectivity index (χ0n) is 17.6. The molecular formula is C22H34N4O2. The number of nitrogens with zero attached hydrogens (tertiary/aromatic N) is 3. The first-order valence-corrected chi connectivity index (χ1v) is 10.6. The standard InChI is InChI=1S/C22H34N4O2/c1-5-23-21(24-19-16-10-15-28-20(16)22(19,2)3)26-13-11-25(12-14-26)17-8-6-7-9-18(17)27-4/h6-9,16,19-20H,5,10-15H2,1-4H3,(H,23,24). The molecule has 1 aliphatic carbocycles. The van der Waals surface area contributed by atoms with Gasteiger partial charge in [0, 0.05) is 56.7 Å². The summed E-state index contributed by atoms with van der Waals surface area (Å²) >= 11 is 0. The number of piperazine rings is 1. The highest BCUT2D eigenvalue weighted by molar-refractivity contribution is 5.81. The number of aliphatic imine (C=N–C) groups is 1. The summed E-state index contributed by atoms with van der Waals surface area (Å²) < 4.78 is 11.5. The van der Waals surface area contributed by atoms with Crippen LogP contribution >= 0.6 is 0 Å². The third kappa shape index (κ3) is 3.32. The van der Waals surface area contributed by atoms with Gasteiger partial charge in [-0.1, -0.05) is 26.0 Å². The molecule has 1 aromatic carbocycles. The fourth-order valence-corrected chi connectivity index (χ4v) is 5.19. The molecule has 1 saturated carbocycles. The minimum absolute atomic E-state index is 0.162. The summed E-state index contributed by atoms with van der Waals surface area (Å²) in [7, 11) is 1.74. The normalized spacial score (nSPS) is 29.3. The summed E-state index contributed by atoms with van der Waals surface area (Å²) in [5, 5.41) is 3.82. The van der Waals surface area contributed by atoms with Crippen LogP contribution in [0.2, 0.25) is 0 Å². The number of ether oxygens (including phenoxy) is 2. The SMILES string of the molecule is CCN=C(NC1C2CCOC2C1(C)C)N1CCN(c2ccccc2OC)CC1. The van der Waals surface area contributed by atoms with Crippen LogP contribution in [0.3, 0.4) is 0 Å². The minimum Gasteiger partial charge on any atom is -0.495 e. The predicted molar refractivity (Wildman–Crippen MR) is 113 cm³/mol. The Morgan fingerprint density at radius 3 is 2.71 bits per heavy atom. The summed E-state index contributed by atoms with van der Waals surface area (Å²) in [5.41, 5.74) is 1.34. The summed E-state index contributed by atoms with van der Waals surface area (Å²) in [4.78, 5) is 9.65. The highest BCUT2D eigenvalue weighted by Gasteiger charge is 2.59. The van der Waals surface area contributed by atoms with Gasteiger partial charge in [0.1, 0.15) is 5.75 Å². The zero-order valence-corrected chi connectivity index (χ0v) is 17.6. The molecule has 2 aliphatic heterocycles. The Hall–Kier alpha value is -1.95. The molecule has 0 spiro atoms. The fraction of sp³-hybridized carbons (Fsp3) is 0.682. The number of anilines is 1. The smallest absolute Gasteiger partial charge is 0.194 e. The molecule has 3 atom stereocenters. The third-order valence-electron chi connectivity index (χ3n) is 6.70. The van der Waals surface area contributed by atoms with E-state index in [1.165, 1.54) is 5.69 Å². The molecule has 1 N–H and O–H groups in total. The maximum atomic E-state index is 5.96. The van der Waals surface area contributed by atoms with E-state index in [1.54, 1.807) is 7.11 Å². The fourth-order valence-electron chi connectivity index (χ4n) is 5.19. The molecule has 0 aromatic heterocycles. The molecule has 6 heteroatoms. The van der Waals surface area contributed by atoms with Crippen LogP contribution in [-0.2, 0) is 4.74 Å². The molecule has 2 saturated heterocycles. The van der Waals surface area contributed by atoms with Crippen molar-refractivity contribution >= 4 is 11.6 Å². The number of guanidine groups is 1. The Bertz CT molecular complexity index is 712. The quantitative estimate of drug-likeness (QED) is 0.637. The van der Waals surface area contributed by atoms with Crippen molar-refractivity contribution < 1.29 is 9.47 Å². The first kappa shape index (κ1) is 19.4. The maximum absolute atomic E-state index is 5.96. The lowest BCUT2D eigenvalue weighted by molar-refractivity contribution is -0.107. The molecule has 4 rings (SSSR count). The largest absolute Gasteiger partial charge is 0.495 e. The molecule has 0 bridgehead atoms. The average molecular weight is 387 g/mol. The van der Waals surface area contributed by atoms with E-state index >= 15 is 0 Å². The number of benzene rings is 1. The van der Waals surface area contributed by atoms with Crippen molar-refractivity contribution in [3.63, 3.8) is 0 Å². The van der Waals surface area contributed by atoms with Gasteiger partial charge in [0.25, 0.3) is 0 Å². The number of nitrogens with one attached hydrogen (secondary N) is 1.